The molecular formula is C14H16O3. The van der Waals surface area contributed by atoms with E-state index in [1.807, 2.05) is 6.08 Å². The van der Waals surface area contributed by atoms with Gasteiger partial charge in [0.05, 0.1) is 0 Å². The van der Waals surface area contributed by atoms with Crippen LogP contribution in [0.4, 0.5) is 0 Å². The van der Waals surface area contributed by atoms with Crippen LogP contribution in [0.3, 0.4) is 0 Å². The Morgan fingerprint density at radius 1 is 1.35 bits per heavy atom. The van der Waals surface area contributed by atoms with Crippen molar-refractivity contribution in [1.29, 1.82) is 0 Å². The van der Waals surface area contributed by atoms with E-state index in [2.05, 4.69) is 13.8 Å². The molecule has 2 rings (SSSR count). The van der Waals surface area contributed by atoms with Gasteiger partial charge in [-0.2, -0.15) is 0 Å². The average Bonchev–Trinajstić information content (AvgIpc) is 2.36. The summed E-state index contributed by atoms with van der Waals surface area (Å²) in [5.41, 5.74) is 0.362. The smallest absolute Gasteiger partial charge is 0.332 e. The second-order valence-electron chi connectivity index (χ2n) is 5.30. The number of carboxylic acid groups (broad SMARTS) is 1. The summed E-state index contributed by atoms with van der Waals surface area (Å²) in [6, 6.07) is 4.85. The Kier molecular flexibility index (Phi) is 2.69. The monoisotopic (exact) mass is 232 g/mol. The summed E-state index contributed by atoms with van der Waals surface area (Å²) >= 11 is 0. The summed E-state index contributed by atoms with van der Waals surface area (Å²) < 4.78 is 0. The van der Waals surface area contributed by atoms with Gasteiger partial charge in [-0.1, -0.05) is 26.0 Å². The number of benzene rings is 1. The molecule has 3 heteroatoms. The lowest BCUT2D eigenvalue weighted by atomic mass is 9.83. The number of hydrogen-bond acceptors (Lipinski definition) is 2. The lowest BCUT2D eigenvalue weighted by Crippen LogP contribution is -2.28. The number of aromatic hydroxyl groups is 1. The first-order valence-electron chi connectivity index (χ1n) is 5.65. The van der Waals surface area contributed by atoms with Crippen LogP contribution in [-0.2, 0) is 4.79 Å². The minimum Gasteiger partial charge on any atom is -0.508 e. The fourth-order valence-corrected chi connectivity index (χ4v) is 2.22. The fraction of sp³-hybridized carbons (Fsp3) is 0.357. The molecule has 0 radical (unpaired) electrons. The standard InChI is InChI=1S/C14H16O3/c1-14(2)6-5-9-7-10(15)3-4-11(9)12(8-14)13(16)17/h3-5,7,15H,6,8H2,1-2H3,(H,16,17). The number of carboxylic acids is 1. The van der Waals surface area contributed by atoms with Gasteiger partial charge in [-0.25, -0.2) is 4.79 Å². The van der Waals surface area contributed by atoms with Gasteiger partial charge in [0.1, 0.15) is 5.75 Å². The van der Waals surface area contributed by atoms with Crippen LogP contribution in [0.25, 0.3) is 11.6 Å². The van der Waals surface area contributed by atoms with Gasteiger partial charge in [0.2, 0.25) is 0 Å². The molecule has 0 saturated carbocycles. The Labute approximate surface area is 99.7 Å². The molecule has 0 aromatic heterocycles. The molecule has 3 nitrogen and oxygen atoms in total. The molecule has 17 heavy (non-hydrogen) atoms. The highest BCUT2D eigenvalue weighted by Crippen LogP contribution is 2.30. The van der Waals surface area contributed by atoms with E-state index < -0.39 is 5.97 Å². The summed E-state index contributed by atoms with van der Waals surface area (Å²) in [7, 11) is 0. The number of aliphatic carboxylic acids is 1. The molecule has 90 valence electrons. The zero-order valence-corrected chi connectivity index (χ0v) is 10.0. The quantitative estimate of drug-likeness (QED) is 0.765. The molecule has 0 spiro atoms. The van der Waals surface area contributed by atoms with Crippen molar-refractivity contribution < 1.29 is 15.0 Å². The van der Waals surface area contributed by atoms with Crippen molar-refractivity contribution in [3.05, 3.63) is 28.6 Å². The largest absolute Gasteiger partial charge is 0.508 e. The lowest BCUT2D eigenvalue weighted by Gasteiger charge is -2.21. The van der Waals surface area contributed by atoms with Crippen LogP contribution in [0, 0.1) is 5.41 Å². The molecule has 2 N–H and O–H groups in total. The van der Waals surface area contributed by atoms with Gasteiger partial charge < -0.3 is 10.2 Å². The van der Waals surface area contributed by atoms with Crippen LogP contribution in [-0.4, -0.2) is 16.2 Å². The molecule has 0 atom stereocenters. The van der Waals surface area contributed by atoms with Gasteiger partial charge in [-0.05, 0) is 40.8 Å². The summed E-state index contributed by atoms with van der Waals surface area (Å²) in [6.07, 6.45) is 3.35. The van der Waals surface area contributed by atoms with Gasteiger partial charge in [0.15, 0.2) is 0 Å². The first-order chi connectivity index (χ1) is 7.89. The minimum atomic E-state index is -0.875. The van der Waals surface area contributed by atoms with Crippen LogP contribution >= 0.6 is 0 Å². The lowest BCUT2D eigenvalue weighted by molar-refractivity contribution is -0.130. The maximum absolute atomic E-state index is 11.3. The summed E-state index contributed by atoms with van der Waals surface area (Å²) in [6.45, 7) is 4.11. The average molecular weight is 232 g/mol. The summed E-state index contributed by atoms with van der Waals surface area (Å²) in [5, 5.41) is 20.3. The Bertz CT molecular complexity index is 582. The van der Waals surface area contributed by atoms with Crippen molar-refractivity contribution in [1.82, 2.24) is 0 Å². The number of fused-ring (bicyclic) bond motifs is 1. The topological polar surface area (TPSA) is 57.5 Å². The molecule has 1 aromatic rings. The van der Waals surface area contributed by atoms with Gasteiger partial charge in [0.25, 0.3) is 0 Å². The molecule has 1 aromatic carbocycles. The Hall–Kier alpha value is -1.77. The maximum atomic E-state index is 11.3. The third kappa shape index (κ3) is 2.33. The molecule has 0 bridgehead atoms. The minimum absolute atomic E-state index is 0.0671. The molecule has 1 aliphatic carbocycles. The molecule has 1 aliphatic rings. The molecule has 0 amide bonds. The zero-order valence-electron chi connectivity index (χ0n) is 10.0. The van der Waals surface area contributed by atoms with Crippen LogP contribution in [0.2, 0.25) is 0 Å². The number of phenols is 1. The molecule has 0 aliphatic heterocycles. The predicted molar refractivity (Wildman–Crippen MR) is 65.9 cm³/mol. The van der Waals surface area contributed by atoms with E-state index in [9.17, 15) is 15.0 Å². The zero-order chi connectivity index (χ0) is 12.6. The SMILES string of the molecule is CC1(C)CC=c2cc(O)ccc2=C(C(=O)O)C1. The van der Waals surface area contributed by atoms with Crippen LogP contribution in [0.5, 0.6) is 5.75 Å². The second kappa shape index (κ2) is 3.91. The highest BCUT2D eigenvalue weighted by Gasteiger charge is 2.24. The van der Waals surface area contributed by atoms with E-state index in [0.29, 0.717) is 12.0 Å². The van der Waals surface area contributed by atoms with Gasteiger partial charge >= 0.3 is 5.97 Å². The highest BCUT2D eigenvalue weighted by atomic mass is 16.4. The number of hydrogen-bond donors (Lipinski definition) is 2. The van der Waals surface area contributed by atoms with Crippen molar-refractivity contribution >= 4 is 17.6 Å². The van der Waals surface area contributed by atoms with Crippen LogP contribution in [0.15, 0.2) is 18.2 Å². The van der Waals surface area contributed by atoms with E-state index >= 15 is 0 Å². The van der Waals surface area contributed by atoms with E-state index in [-0.39, 0.29) is 11.2 Å². The van der Waals surface area contributed by atoms with Gasteiger partial charge in [0, 0.05) is 5.57 Å². The third-order valence-corrected chi connectivity index (χ3v) is 3.15. The Balaban J connectivity index is 2.80. The molecular weight excluding hydrogens is 216 g/mol. The van der Waals surface area contributed by atoms with E-state index in [1.165, 1.54) is 6.07 Å². The first-order valence-corrected chi connectivity index (χ1v) is 5.65. The van der Waals surface area contributed by atoms with Crippen molar-refractivity contribution in [3.8, 4) is 5.75 Å². The van der Waals surface area contributed by atoms with E-state index in [1.54, 1.807) is 12.1 Å². The summed E-state index contributed by atoms with van der Waals surface area (Å²) in [4.78, 5) is 11.3. The maximum Gasteiger partial charge on any atom is 0.332 e. The Morgan fingerprint density at radius 2 is 2.06 bits per heavy atom. The van der Waals surface area contributed by atoms with Crippen molar-refractivity contribution in [3.63, 3.8) is 0 Å². The predicted octanol–water partition coefficient (Wildman–Crippen LogP) is 1.23. The van der Waals surface area contributed by atoms with Crippen molar-refractivity contribution in [2.75, 3.05) is 0 Å². The van der Waals surface area contributed by atoms with E-state index in [4.69, 9.17) is 0 Å². The number of carbonyl (C=O) groups is 1. The van der Waals surface area contributed by atoms with Crippen molar-refractivity contribution in [2.24, 2.45) is 5.41 Å². The normalized spacial score (nSPS) is 17.9. The highest BCUT2D eigenvalue weighted by molar-refractivity contribution is 6.08. The summed E-state index contributed by atoms with van der Waals surface area (Å²) in [5.74, 6) is -0.704. The van der Waals surface area contributed by atoms with Crippen LogP contribution < -0.4 is 10.4 Å². The fourth-order valence-electron chi connectivity index (χ4n) is 2.22. The van der Waals surface area contributed by atoms with Gasteiger partial charge in [-0.3, -0.25) is 0 Å². The molecule has 0 unspecified atom stereocenters. The van der Waals surface area contributed by atoms with Crippen LogP contribution in [0.1, 0.15) is 26.7 Å². The second-order valence-corrected chi connectivity index (χ2v) is 5.30. The molecule has 0 heterocycles. The molecule has 0 fully saturated rings. The third-order valence-electron chi connectivity index (χ3n) is 3.15. The van der Waals surface area contributed by atoms with Gasteiger partial charge in [-0.15, -0.1) is 0 Å². The van der Waals surface area contributed by atoms with E-state index in [0.717, 1.165) is 16.9 Å². The van der Waals surface area contributed by atoms with Crippen molar-refractivity contribution in [2.45, 2.75) is 26.7 Å². The number of phenolic OH excluding ortho intramolecular Hbond substituents is 1. The number of rotatable bonds is 1. The first kappa shape index (κ1) is 11.7. The molecule has 0 saturated heterocycles. The Morgan fingerprint density at radius 3 is 2.71 bits per heavy atom.